The van der Waals surface area contributed by atoms with Crippen LogP contribution in [0, 0.1) is 0 Å². The molecule has 0 amide bonds. The molecule has 108 valence electrons. The summed E-state index contributed by atoms with van der Waals surface area (Å²) in [5.41, 5.74) is 0.542. The Morgan fingerprint density at radius 1 is 1.40 bits per heavy atom. The minimum Gasteiger partial charge on any atom is -0.376 e. The highest BCUT2D eigenvalue weighted by atomic mass is 32.2. The van der Waals surface area contributed by atoms with Crippen LogP contribution in [-0.4, -0.2) is 50.5 Å². The van der Waals surface area contributed by atoms with Crippen molar-refractivity contribution in [2.24, 2.45) is 0 Å². The van der Waals surface area contributed by atoms with Crippen LogP contribution in [0.5, 0.6) is 0 Å². The Balaban J connectivity index is 1.77. The first-order chi connectivity index (χ1) is 9.67. The Morgan fingerprint density at radius 2 is 2.30 bits per heavy atom. The maximum absolute atomic E-state index is 12.3. The SMILES string of the molecule is O=S(=O)(NCC1COCCO1)c1cnn2ccccc12. The quantitative estimate of drug-likeness (QED) is 0.861. The number of hydrogen-bond donors (Lipinski definition) is 1. The van der Waals surface area contributed by atoms with Crippen LogP contribution in [-0.2, 0) is 19.5 Å². The molecule has 0 aromatic carbocycles. The van der Waals surface area contributed by atoms with E-state index in [1.54, 1.807) is 24.4 Å². The minimum absolute atomic E-state index is 0.162. The summed E-state index contributed by atoms with van der Waals surface area (Å²) in [6.45, 7) is 1.63. The van der Waals surface area contributed by atoms with Gasteiger partial charge < -0.3 is 9.47 Å². The van der Waals surface area contributed by atoms with Crippen molar-refractivity contribution in [3.05, 3.63) is 30.6 Å². The van der Waals surface area contributed by atoms with E-state index in [0.717, 1.165) is 0 Å². The zero-order valence-electron chi connectivity index (χ0n) is 10.7. The molecule has 3 heterocycles. The first-order valence-electron chi connectivity index (χ1n) is 6.28. The fourth-order valence-corrected chi connectivity index (χ4v) is 3.24. The van der Waals surface area contributed by atoms with Gasteiger partial charge in [-0.2, -0.15) is 5.10 Å². The van der Waals surface area contributed by atoms with Crippen molar-refractivity contribution in [1.82, 2.24) is 14.3 Å². The third kappa shape index (κ3) is 2.68. The maximum atomic E-state index is 12.3. The third-order valence-electron chi connectivity index (χ3n) is 3.07. The lowest BCUT2D eigenvalue weighted by Crippen LogP contribution is -2.39. The van der Waals surface area contributed by atoms with Gasteiger partial charge in [0, 0.05) is 12.7 Å². The molecule has 3 rings (SSSR count). The number of ether oxygens (including phenoxy) is 2. The number of hydrogen-bond acceptors (Lipinski definition) is 5. The fourth-order valence-electron chi connectivity index (χ4n) is 2.05. The normalized spacial score (nSPS) is 20.3. The van der Waals surface area contributed by atoms with E-state index in [-0.39, 0.29) is 17.5 Å². The van der Waals surface area contributed by atoms with E-state index in [9.17, 15) is 8.42 Å². The molecule has 20 heavy (non-hydrogen) atoms. The average Bonchev–Trinajstić information content (AvgIpc) is 2.91. The summed E-state index contributed by atoms with van der Waals surface area (Å²) in [7, 11) is -3.61. The smallest absolute Gasteiger partial charge is 0.244 e. The van der Waals surface area contributed by atoms with Crippen LogP contribution in [0.4, 0.5) is 0 Å². The van der Waals surface area contributed by atoms with E-state index < -0.39 is 10.0 Å². The zero-order chi connectivity index (χ0) is 14.0. The van der Waals surface area contributed by atoms with Crippen LogP contribution >= 0.6 is 0 Å². The van der Waals surface area contributed by atoms with Gasteiger partial charge in [-0.15, -0.1) is 0 Å². The molecule has 2 aromatic rings. The fraction of sp³-hybridized carbons (Fsp3) is 0.417. The van der Waals surface area contributed by atoms with Gasteiger partial charge in [0.15, 0.2) is 0 Å². The highest BCUT2D eigenvalue weighted by Crippen LogP contribution is 2.16. The Morgan fingerprint density at radius 3 is 3.10 bits per heavy atom. The molecule has 1 N–H and O–H groups in total. The Labute approximate surface area is 116 Å². The summed E-state index contributed by atoms with van der Waals surface area (Å²) in [4.78, 5) is 0.162. The molecule has 1 atom stereocenters. The monoisotopic (exact) mass is 297 g/mol. The lowest BCUT2D eigenvalue weighted by Gasteiger charge is -2.22. The number of sulfonamides is 1. The molecule has 1 saturated heterocycles. The topological polar surface area (TPSA) is 81.9 Å². The van der Waals surface area contributed by atoms with E-state index in [1.165, 1.54) is 10.7 Å². The summed E-state index contributed by atoms with van der Waals surface area (Å²) < 4.78 is 39.3. The number of rotatable bonds is 4. The third-order valence-corrected chi connectivity index (χ3v) is 4.51. The highest BCUT2D eigenvalue weighted by molar-refractivity contribution is 7.89. The van der Waals surface area contributed by atoms with Crippen molar-refractivity contribution in [1.29, 1.82) is 0 Å². The number of aromatic nitrogens is 2. The Bertz CT molecular complexity index is 692. The summed E-state index contributed by atoms with van der Waals surface area (Å²) in [5, 5.41) is 4.02. The summed E-state index contributed by atoms with van der Waals surface area (Å²) in [6, 6.07) is 5.27. The maximum Gasteiger partial charge on any atom is 0.244 e. The van der Waals surface area contributed by atoms with Crippen molar-refractivity contribution in [3.8, 4) is 0 Å². The predicted octanol–water partition coefficient (Wildman–Crippen LogP) is 0.0280. The molecule has 0 aliphatic carbocycles. The predicted molar refractivity (Wildman–Crippen MR) is 70.9 cm³/mol. The van der Waals surface area contributed by atoms with Crippen molar-refractivity contribution in [2.45, 2.75) is 11.0 Å². The molecule has 7 nitrogen and oxygen atoms in total. The van der Waals surface area contributed by atoms with Gasteiger partial charge in [0.05, 0.1) is 37.6 Å². The van der Waals surface area contributed by atoms with E-state index in [2.05, 4.69) is 9.82 Å². The van der Waals surface area contributed by atoms with Crippen LogP contribution in [0.3, 0.4) is 0 Å². The average molecular weight is 297 g/mol. The van der Waals surface area contributed by atoms with Gasteiger partial charge in [-0.05, 0) is 12.1 Å². The van der Waals surface area contributed by atoms with Crippen molar-refractivity contribution < 1.29 is 17.9 Å². The molecule has 2 aromatic heterocycles. The van der Waals surface area contributed by atoms with Crippen molar-refractivity contribution >= 4 is 15.5 Å². The molecule has 0 bridgehead atoms. The molecule has 1 fully saturated rings. The van der Waals surface area contributed by atoms with Gasteiger partial charge in [0.1, 0.15) is 4.90 Å². The molecule has 0 spiro atoms. The molecule has 8 heteroatoms. The lowest BCUT2D eigenvalue weighted by atomic mass is 10.3. The first kappa shape index (κ1) is 13.5. The second kappa shape index (κ2) is 5.49. The minimum atomic E-state index is -3.61. The van der Waals surface area contributed by atoms with Gasteiger partial charge in [-0.3, -0.25) is 0 Å². The number of pyridine rings is 1. The molecular formula is C12H15N3O4S. The van der Waals surface area contributed by atoms with E-state index in [4.69, 9.17) is 9.47 Å². The largest absolute Gasteiger partial charge is 0.376 e. The van der Waals surface area contributed by atoms with Crippen LogP contribution in [0.2, 0.25) is 0 Å². The second-order valence-corrected chi connectivity index (χ2v) is 6.19. The molecule has 0 saturated carbocycles. The number of nitrogens with zero attached hydrogens (tertiary/aromatic N) is 2. The van der Waals surface area contributed by atoms with E-state index in [0.29, 0.717) is 25.3 Å². The van der Waals surface area contributed by atoms with Crippen LogP contribution < -0.4 is 4.72 Å². The zero-order valence-corrected chi connectivity index (χ0v) is 11.5. The van der Waals surface area contributed by atoms with Crippen molar-refractivity contribution in [2.75, 3.05) is 26.4 Å². The molecule has 1 aliphatic rings. The molecule has 1 aliphatic heterocycles. The Hall–Kier alpha value is -1.48. The van der Waals surface area contributed by atoms with Gasteiger partial charge >= 0.3 is 0 Å². The lowest BCUT2D eigenvalue weighted by molar-refractivity contribution is -0.0846. The van der Waals surface area contributed by atoms with Gasteiger partial charge in [-0.1, -0.05) is 6.07 Å². The van der Waals surface area contributed by atoms with E-state index >= 15 is 0 Å². The molecule has 0 radical (unpaired) electrons. The number of nitrogens with one attached hydrogen (secondary N) is 1. The van der Waals surface area contributed by atoms with E-state index in [1.807, 2.05) is 0 Å². The van der Waals surface area contributed by atoms with Gasteiger partial charge in [0.25, 0.3) is 0 Å². The molecular weight excluding hydrogens is 282 g/mol. The van der Waals surface area contributed by atoms with Crippen LogP contribution in [0.25, 0.3) is 5.52 Å². The Kier molecular flexibility index (Phi) is 3.70. The summed E-state index contributed by atoms with van der Waals surface area (Å²) in [5.74, 6) is 0. The summed E-state index contributed by atoms with van der Waals surface area (Å²) >= 11 is 0. The van der Waals surface area contributed by atoms with Crippen molar-refractivity contribution in [3.63, 3.8) is 0 Å². The summed E-state index contributed by atoms with van der Waals surface area (Å²) in [6.07, 6.45) is 2.79. The number of fused-ring (bicyclic) bond motifs is 1. The standard InChI is InChI=1S/C12H15N3O4S/c16-20(17,14-7-10-9-18-5-6-19-10)12-8-13-15-4-2-1-3-11(12)15/h1-4,8,10,14H,5-7,9H2. The molecule has 1 unspecified atom stereocenters. The second-order valence-electron chi connectivity index (χ2n) is 4.46. The van der Waals surface area contributed by atoms with Crippen LogP contribution in [0.1, 0.15) is 0 Å². The highest BCUT2D eigenvalue weighted by Gasteiger charge is 2.22. The van der Waals surface area contributed by atoms with Crippen LogP contribution in [0.15, 0.2) is 35.5 Å². The first-order valence-corrected chi connectivity index (χ1v) is 7.76. The van der Waals surface area contributed by atoms with Gasteiger partial charge in [-0.25, -0.2) is 17.7 Å². The van der Waals surface area contributed by atoms with Gasteiger partial charge in [0.2, 0.25) is 10.0 Å².